The van der Waals surface area contributed by atoms with E-state index in [0.717, 1.165) is 16.7 Å². The fraction of sp³-hybridized carbons (Fsp3) is 0.120. The van der Waals surface area contributed by atoms with Gasteiger partial charge in [0.05, 0.1) is 17.0 Å². The lowest BCUT2D eigenvalue weighted by molar-refractivity contribution is -0.137. The van der Waals surface area contributed by atoms with Gasteiger partial charge in [-0.3, -0.25) is 14.5 Å². The van der Waals surface area contributed by atoms with Crippen molar-refractivity contribution in [1.82, 2.24) is 4.90 Å². The number of imide groups is 1. The van der Waals surface area contributed by atoms with Crippen molar-refractivity contribution >= 4 is 29.1 Å². The van der Waals surface area contributed by atoms with Crippen molar-refractivity contribution in [2.24, 2.45) is 0 Å². The van der Waals surface area contributed by atoms with Gasteiger partial charge in [-0.05, 0) is 28.8 Å². The molecular weight excluding hydrogens is 410 g/mol. The number of fused-ring (bicyclic) bond motifs is 1. The first-order valence-corrected chi connectivity index (χ1v) is 10.9. The number of thioether (sulfide) groups is 1. The minimum absolute atomic E-state index is 0.181. The minimum Gasteiger partial charge on any atom is -0.454 e. The zero-order chi connectivity index (χ0) is 21.2. The third kappa shape index (κ3) is 3.82. The molecule has 0 radical (unpaired) electrons. The molecule has 0 atom stereocenters. The van der Waals surface area contributed by atoms with Crippen LogP contribution in [0.25, 0.3) is 5.57 Å². The Bertz CT molecular complexity index is 1170. The van der Waals surface area contributed by atoms with Crippen molar-refractivity contribution in [2.75, 3.05) is 6.79 Å². The summed E-state index contributed by atoms with van der Waals surface area (Å²) >= 11 is 1.41. The number of hydrogen-bond donors (Lipinski definition) is 0. The Morgan fingerprint density at radius 1 is 0.774 bits per heavy atom. The Morgan fingerprint density at radius 3 is 2.26 bits per heavy atom. The summed E-state index contributed by atoms with van der Waals surface area (Å²) in [5, 5.41) is 0. The molecule has 0 bridgehead atoms. The summed E-state index contributed by atoms with van der Waals surface area (Å²) in [6.45, 7) is 0.361. The van der Waals surface area contributed by atoms with E-state index in [1.165, 1.54) is 16.7 Å². The molecule has 0 unspecified atom stereocenters. The van der Waals surface area contributed by atoms with Gasteiger partial charge in [0.2, 0.25) is 6.79 Å². The predicted octanol–water partition coefficient (Wildman–Crippen LogP) is 4.63. The number of ether oxygens (including phenoxy) is 2. The first-order chi connectivity index (χ1) is 15.2. The highest BCUT2D eigenvalue weighted by Crippen LogP contribution is 2.39. The van der Waals surface area contributed by atoms with Crippen LogP contribution < -0.4 is 9.47 Å². The summed E-state index contributed by atoms with van der Waals surface area (Å²) in [7, 11) is 0. The highest BCUT2D eigenvalue weighted by molar-refractivity contribution is 8.03. The van der Waals surface area contributed by atoms with Crippen LogP contribution in [-0.2, 0) is 21.9 Å². The number of carbonyl (C=O) groups excluding carboxylic acids is 2. The smallest absolute Gasteiger partial charge is 0.268 e. The Labute approximate surface area is 184 Å². The maximum Gasteiger partial charge on any atom is 0.268 e. The van der Waals surface area contributed by atoms with Crippen LogP contribution in [0.1, 0.15) is 16.7 Å². The second-order valence-corrected chi connectivity index (χ2v) is 8.21. The summed E-state index contributed by atoms with van der Waals surface area (Å²) in [6, 6.07) is 24.8. The van der Waals surface area contributed by atoms with Gasteiger partial charge in [0.25, 0.3) is 11.8 Å². The summed E-state index contributed by atoms with van der Waals surface area (Å²) in [4.78, 5) is 28.5. The third-order valence-corrected chi connectivity index (χ3v) is 6.34. The molecule has 0 fully saturated rings. The van der Waals surface area contributed by atoms with Gasteiger partial charge >= 0.3 is 0 Å². The molecule has 5 rings (SSSR count). The van der Waals surface area contributed by atoms with Crippen LogP contribution in [0.3, 0.4) is 0 Å². The summed E-state index contributed by atoms with van der Waals surface area (Å²) in [5.74, 6) is 1.38. The van der Waals surface area contributed by atoms with Crippen LogP contribution in [0.2, 0.25) is 0 Å². The fourth-order valence-corrected chi connectivity index (χ4v) is 4.73. The van der Waals surface area contributed by atoms with E-state index in [-0.39, 0.29) is 25.2 Å². The molecule has 0 spiro atoms. The molecule has 6 heteroatoms. The van der Waals surface area contributed by atoms with E-state index in [2.05, 4.69) is 0 Å². The van der Waals surface area contributed by atoms with Crippen LogP contribution in [-0.4, -0.2) is 23.5 Å². The lowest BCUT2D eigenvalue weighted by atomic mass is 10.1. The SMILES string of the molecule is O=C1C(SCc2ccccc2)=C(c2ccccc2)C(=O)N1Cc1ccc2c(c1)OCO2. The van der Waals surface area contributed by atoms with Crippen molar-refractivity contribution in [3.63, 3.8) is 0 Å². The van der Waals surface area contributed by atoms with Crippen LogP contribution in [0.4, 0.5) is 0 Å². The molecule has 2 aliphatic rings. The Morgan fingerprint density at radius 2 is 1.48 bits per heavy atom. The topological polar surface area (TPSA) is 55.8 Å². The van der Waals surface area contributed by atoms with Gasteiger partial charge in [-0.15, -0.1) is 11.8 Å². The van der Waals surface area contributed by atoms with Gasteiger partial charge in [0.1, 0.15) is 0 Å². The van der Waals surface area contributed by atoms with Crippen molar-refractivity contribution < 1.29 is 19.1 Å². The van der Waals surface area contributed by atoms with Gasteiger partial charge in [-0.2, -0.15) is 0 Å². The molecule has 0 saturated carbocycles. The molecule has 2 heterocycles. The van der Waals surface area contributed by atoms with Crippen LogP contribution in [0, 0.1) is 0 Å². The molecule has 2 aliphatic heterocycles. The largest absolute Gasteiger partial charge is 0.454 e. The van der Waals surface area contributed by atoms with Gasteiger partial charge in [0.15, 0.2) is 11.5 Å². The zero-order valence-electron chi connectivity index (χ0n) is 16.6. The Hall–Kier alpha value is -3.51. The molecule has 3 aromatic rings. The molecule has 2 amide bonds. The van der Waals surface area contributed by atoms with E-state index >= 15 is 0 Å². The van der Waals surface area contributed by atoms with Crippen LogP contribution in [0.15, 0.2) is 83.8 Å². The summed E-state index contributed by atoms with van der Waals surface area (Å²) in [5.41, 5.74) is 3.13. The second kappa shape index (κ2) is 8.32. The second-order valence-electron chi connectivity index (χ2n) is 7.23. The Balaban J connectivity index is 1.44. The minimum atomic E-state index is -0.274. The predicted molar refractivity (Wildman–Crippen MR) is 119 cm³/mol. The fourth-order valence-electron chi connectivity index (χ4n) is 3.64. The lowest BCUT2D eigenvalue weighted by Crippen LogP contribution is -2.30. The molecule has 0 aromatic heterocycles. The first-order valence-electron chi connectivity index (χ1n) is 9.92. The van der Waals surface area contributed by atoms with Crippen molar-refractivity contribution in [1.29, 1.82) is 0 Å². The summed E-state index contributed by atoms with van der Waals surface area (Å²) < 4.78 is 10.8. The molecule has 3 aromatic carbocycles. The number of rotatable bonds is 6. The number of carbonyl (C=O) groups is 2. The Kier molecular flexibility index (Phi) is 5.22. The normalized spacial score (nSPS) is 15.2. The first kappa shape index (κ1) is 19.5. The molecule has 31 heavy (non-hydrogen) atoms. The molecule has 154 valence electrons. The average Bonchev–Trinajstić information content (AvgIpc) is 3.37. The van der Waals surface area contributed by atoms with Gasteiger partial charge < -0.3 is 9.47 Å². The maximum atomic E-state index is 13.4. The van der Waals surface area contributed by atoms with E-state index in [1.807, 2.05) is 72.8 Å². The van der Waals surface area contributed by atoms with Gasteiger partial charge in [0, 0.05) is 5.75 Å². The highest BCUT2D eigenvalue weighted by Gasteiger charge is 2.39. The average molecular weight is 429 g/mol. The summed E-state index contributed by atoms with van der Waals surface area (Å²) in [6.07, 6.45) is 0. The monoisotopic (exact) mass is 429 g/mol. The van der Waals surface area contributed by atoms with E-state index < -0.39 is 0 Å². The quantitative estimate of drug-likeness (QED) is 0.535. The van der Waals surface area contributed by atoms with Gasteiger partial charge in [-0.1, -0.05) is 66.7 Å². The molecular formula is C25H19NO4S. The third-order valence-electron chi connectivity index (χ3n) is 5.19. The number of benzene rings is 3. The molecule has 0 saturated heterocycles. The van der Waals surface area contributed by atoms with E-state index in [9.17, 15) is 9.59 Å². The lowest BCUT2D eigenvalue weighted by Gasteiger charge is -2.15. The van der Waals surface area contributed by atoms with Crippen molar-refractivity contribution in [2.45, 2.75) is 12.3 Å². The standard InChI is InChI=1S/C25H19NO4S/c27-24-22(19-9-5-2-6-10-19)23(31-15-17-7-3-1-4-8-17)25(28)26(24)14-18-11-12-20-21(13-18)30-16-29-20/h1-13H,14-16H2. The van der Waals surface area contributed by atoms with Crippen molar-refractivity contribution in [3.8, 4) is 11.5 Å². The number of nitrogens with zero attached hydrogens (tertiary/aromatic N) is 1. The van der Waals surface area contributed by atoms with Gasteiger partial charge in [-0.25, -0.2) is 0 Å². The maximum absolute atomic E-state index is 13.4. The number of hydrogen-bond acceptors (Lipinski definition) is 5. The molecule has 0 N–H and O–H groups in total. The molecule has 0 aliphatic carbocycles. The van der Waals surface area contributed by atoms with E-state index in [0.29, 0.717) is 27.7 Å². The van der Waals surface area contributed by atoms with Crippen molar-refractivity contribution in [3.05, 3.63) is 100 Å². The number of amides is 2. The van der Waals surface area contributed by atoms with Crippen LogP contribution in [0.5, 0.6) is 11.5 Å². The van der Waals surface area contributed by atoms with Crippen LogP contribution >= 0.6 is 11.8 Å². The van der Waals surface area contributed by atoms with E-state index in [1.54, 1.807) is 6.07 Å². The zero-order valence-corrected chi connectivity index (χ0v) is 17.4. The highest BCUT2D eigenvalue weighted by atomic mass is 32.2. The van der Waals surface area contributed by atoms with E-state index in [4.69, 9.17) is 9.47 Å². The molecule has 5 nitrogen and oxygen atoms in total.